The van der Waals surface area contributed by atoms with Gasteiger partial charge in [0.1, 0.15) is 0 Å². The lowest BCUT2D eigenvalue weighted by Crippen LogP contribution is -2.65. The Bertz CT molecular complexity index is 525. The number of benzene rings is 1. The molecule has 0 aromatic heterocycles. The molecule has 1 aromatic carbocycles. The molecule has 3 heterocycles. The Morgan fingerprint density at radius 3 is 3.05 bits per heavy atom. The van der Waals surface area contributed by atoms with Gasteiger partial charge in [0.25, 0.3) is 0 Å². The standard InChI is InChI=1S/C15H22BrN5/c1-19-10-20-14-9-17-6-5-11(14)8-18-15(20)21(19)13-4-2-3-12(16)7-13/h2-4,7,11,14-15,17-18H,5-6,8-10H2,1H3. The SMILES string of the molecule is CN1CN2C3CNCCC3CNC2N1c1cccc(Br)c1. The number of rotatable bonds is 1. The van der Waals surface area contributed by atoms with E-state index in [4.69, 9.17) is 0 Å². The van der Waals surface area contributed by atoms with Gasteiger partial charge in [0.05, 0.1) is 12.4 Å². The fourth-order valence-corrected chi connectivity index (χ4v) is 4.32. The number of hydrogen-bond acceptors (Lipinski definition) is 5. The zero-order valence-corrected chi connectivity index (χ0v) is 13.9. The number of halogens is 1. The molecule has 1 aromatic rings. The molecule has 0 bridgehead atoms. The number of hydrogen-bond donors (Lipinski definition) is 2. The van der Waals surface area contributed by atoms with Crippen LogP contribution >= 0.6 is 15.9 Å². The second-order valence-corrected chi connectivity index (χ2v) is 7.16. The molecule has 4 rings (SSSR count). The molecule has 3 fully saturated rings. The number of fused-ring (bicyclic) bond motifs is 3. The highest BCUT2D eigenvalue weighted by atomic mass is 79.9. The van der Waals surface area contributed by atoms with Crippen molar-refractivity contribution in [2.75, 3.05) is 38.4 Å². The Morgan fingerprint density at radius 1 is 1.29 bits per heavy atom. The van der Waals surface area contributed by atoms with Crippen LogP contribution in [0.15, 0.2) is 28.7 Å². The maximum Gasteiger partial charge on any atom is 0.153 e. The average Bonchev–Trinajstić information content (AvgIpc) is 2.83. The lowest BCUT2D eigenvalue weighted by Gasteiger charge is -2.46. The molecule has 0 saturated carbocycles. The summed E-state index contributed by atoms with van der Waals surface area (Å²) in [6.45, 7) is 4.37. The van der Waals surface area contributed by atoms with E-state index in [-0.39, 0.29) is 6.29 Å². The Labute approximate surface area is 134 Å². The van der Waals surface area contributed by atoms with Gasteiger partial charge in [-0.1, -0.05) is 22.0 Å². The van der Waals surface area contributed by atoms with E-state index in [9.17, 15) is 0 Å². The summed E-state index contributed by atoms with van der Waals surface area (Å²) in [4.78, 5) is 2.60. The summed E-state index contributed by atoms with van der Waals surface area (Å²) < 4.78 is 1.12. The quantitative estimate of drug-likeness (QED) is 0.795. The highest BCUT2D eigenvalue weighted by Crippen LogP contribution is 2.33. The van der Waals surface area contributed by atoms with E-state index in [0.717, 1.165) is 36.7 Å². The molecule has 5 nitrogen and oxygen atoms in total. The van der Waals surface area contributed by atoms with Gasteiger partial charge in [0.2, 0.25) is 0 Å². The highest BCUT2D eigenvalue weighted by Gasteiger charge is 2.46. The van der Waals surface area contributed by atoms with Crippen LogP contribution in [-0.4, -0.2) is 55.6 Å². The van der Waals surface area contributed by atoms with Crippen molar-refractivity contribution in [3.05, 3.63) is 28.7 Å². The maximum absolute atomic E-state index is 3.75. The van der Waals surface area contributed by atoms with Crippen molar-refractivity contribution in [2.45, 2.75) is 18.8 Å². The maximum atomic E-state index is 3.75. The lowest BCUT2D eigenvalue weighted by atomic mass is 9.90. The smallest absolute Gasteiger partial charge is 0.153 e. The van der Waals surface area contributed by atoms with E-state index < -0.39 is 0 Å². The van der Waals surface area contributed by atoms with Gasteiger partial charge in [-0.2, -0.15) is 0 Å². The molecule has 0 radical (unpaired) electrons. The van der Waals surface area contributed by atoms with Crippen molar-refractivity contribution < 1.29 is 0 Å². The summed E-state index contributed by atoms with van der Waals surface area (Å²) >= 11 is 3.58. The van der Waals surface area contributed by atoms with Crippen LogP contribution in [0.3, 0.4) is 0 Å². The van der Waals surface area contributed by atoms with Gasteiger partial charge < -0.3 is 5.32 Å². The Morgan fingerprint density at radius 2 is 2.19 bits per heavy atom. The molecule has 21 heavy (non-hydrogen) atoms. The van der Waals surface area contributed by atoms with Gasteiger partial charge in [-0.15, -0.1) is 0 Å². The van der Waals surface area contributed by atoms with Crippen molar-refractivity contribution in [3.8, 4) is 0 Å². The Hall–Kier alpha value is -0.660. The van der Waals surface area contributed by atoms with Crippen LogP contribution in [0.4, 0.5) is 5.69 Å². The predicted molar refractivity (Wildman–Crippen MR) is 87.6 cm³/mol. The summed E-state index contributed by atoms with van der Waals surface area (Å²) in [7, 11) is 2.17. The zero-order valence-electron chi connectivity index (χ0n) is 12.3. The second-order valence-electron chi connectivity index (χ2n) is 6.24. The molecular formula is C15H22BrN5. The van der Waals surface area contributed by atoms with Crippen LogP contribution in [0.1, 0.15) is 6.42 Å². The third-order valence-electron chi connectivity index (χ3n) is 4.93. The third kappa shape index (κ3) is 2.39. The van der Waals surface area contributed by atoms with Crippen LogP contribution in [0.5, 0.6) is 0 Å². The molecule has 3 aliphatic heterocycles. The van der Waals surface area contributed by atoms with Crippen LogP contribution in [0.25, 0.3) is 0 Å². The molecule has 0 aliphatic carbocycles. The molecule has 2 N–H and O–H groups in total. The minimum atomic E-state index is 0.269. The van der Waals surface area contributed by atoms with E-state index in [0.29, 0.717) is 6.04 Å². The molecule has 0 spiro atoms. The Kier molecular flexibility index (Phi) is 3.67. The van der Waals surface area contributed by atoms with E-state index in [1.165, 1.54) is 12.1 Å². The first-order valence-corrected chi connectivity index (χ1v) is 8.49. The molecule has 3 aliphatic rings. The van der Waals surface area contributed by atoms with E-state index in [1.807, 2.05) is 0 Å². The number of piperidine rings is 1. The van der Waals surface area contributed by atoms with Crippen molar-refractivity contribution in [2.24, 2.45) is 5.92 Å². The molecule has 3 unspecified atom stereocenters. The van der Waals surface area contributed by atoms with E-state index in [2.05, 4.69) is 72.8 Å². The fourth-order valence-electron chi connectivity index (χ4n) is 3.94. The van der Waals surface area contributed by atoms with Crippen LogP contribution < -0.4 is 15.6 Å². The van der Waals surface area contributed by atoms with Gasteiger partial charge in [0.15, 0.2) is 6.29 Å². The number of nitrogens with zero attached hydrogens (tertiary/aromatic N) is 3. The predicted octanol–water partition coefficient (Wildman–Crippen LogP) is 1.24. The van der Waals surface area contributed by atoms with Gasteiger partial charge in [-0.3, -0.25) is 15.2 Å². The number of anilines is 1. The van der Waals surface area contributed by atoms with Crippen molar-refractivity contribution in [1.29, 1.82) is 0 Å². The van der Waals surface area contributed by atoms with E-state index in [1.54, 1.807) is 0 Å². The van der Waals surface area contributed by atoms with Gasteiger partial charge in [-0.05, 0) is 37.1 Å². The van der Waals surface area contributed by atoms with Gasteiger partial charge >= 0.3 is 0 Å². The van der Waals surface area contributed by atoms with E-state index >= 15 is 0 Å². The highest BCUT2D eigenvalue weighted by molar-refractivity contribution is 9.10. The van der Waals surface area contributed by atoms with Crippen molar-refractivity contribution in [1.82, 2.24) is 20.5 Å². The summed E-state index contributed by atoms with van der Waals surface area (Å²) in [5.74, 6) is 0.776. The minimum Gasteiger partial charge on any atom is -0.315 e. The van der Waals surface area contributed by atoms with Gasteiger partial charge in [0, 0.05) is 30.7 Å². The first kappa shape index (κ1) is 14.0. The van der Waals surface area contributed by atoms with Gasteiger partial charge in [-0.25, -0.2) is 5.01 Å². The monoisotopic (exact) mass is 351 g/mol. The van der Waals surface area contributed by atoms with Crippen molar-refractivity contribution in [3.63, 3.8) is 0 Å². The lowest BCUT2D eigenvalue weighted by molar-refractivity contribution is 0.0413. The Balaban J connectivity index is 1.62. The zero-order chi connectivity index (χ0) is 14.4. The number of nitrogens with one attached hydrogen (secondary N) is 2. The molecule has 3 atom stereocenters. The summed E-state index contributed by atoms with van der Waals surface area (Å²) in [6.07, 6.45) is 1.55. The van der Waals surface area contributed by atoms with Crippen LogP contribution in [-0.2, 0) is 0 Å². The fraction of sp³-hybridized carbons (Fsp3) is 0.600. The largest absolute Gasteiger partial charge is 0.315 e. The minimum absolute atomic E-state index is 0.269. The van der Waals surface area contributed by atoms with Crippen molar-refractivity contribution >= 4 is 21.6 Å². The summed E-state index contributed by atoms with van der Waals surface area (Å²) in [5.41, 5.74) is 1.23. The average molecular weight is 352 g/mol. The summed E-state index contributed by atoms with van der Waals surface area (Å²) in [6, 6.07) is 9.19. The number of hydrazine groups is 1. The third-order valence-corrected chi connectivity index (χ3v) is 5.43. The molecule has 6 heteroatoms. The topological polar surface area (TPSA) is 33.8 Å². The molecule has 3 saturated heterocycles. The first-order valence-electron chi connectivity index (χ1n) is 7.70. The molecule has 114 valence electrons. The second kappa shape index (κ2) is 5.52. The molecule has 0 amide bonds. The van der Waals surface area contributed by atoms with Crippen LogP contribution in [0, 0.1) is 5.92 Å². The molecular weight excluding hydrogens is 330 g/mol. The first-order chi connectivity index (χ1) is 10.2. The van der Waals surface area contributed by atoms with Crippen LogP contribution in [0.2, 0.25) is 0 Å². The summed E-state index contributed by atoms with van der Waals surface area (Å²) in [5, 5.41) is 12.0. The normalized spacial score (nSPS) is 33.8.